The van der Waals surface area contributed by atoms with Crippen LogP contribution >= 0.6 is 24.0 Å². The Morgan fingerprint density at radius 1 is 1.50 bits per heavy atom. The second kappa shape index (κ2) is 4.47. The van der Waals surface area contributed by atoms with E-state index >= 15 is 0 Å². The van der Waals surface area contributed by atoms with Gasteiger partial charge >= 0.3 is 0 Å². The van der Waals surface area contributed by atoms with E-state index in [4.69, 9.17) is 11.6 Å². The van der Waals surface area contributed by atoms with Crippen molar-refractivity contribution in [3.63, 3.8) is 0 Å². The topological polar surface area (TPSA) is 25.8 Å². The van der Waals surface area contributed by atoms with Gasteiger partial charge in [-0.1, -0.05) is 0 Å². The summed E-state index contributed by atoms with van der Waals surface area (Å²) in [5.74, 6) is 0.462. The fourth-order valence-electron chi connectivity index (χ4n) is 0.583. The number of hydrogen-bond donors (Lipinski definition) is 0. The minimum Gasteiger partial charge on any atom is -0.242 e. The summed E-state index contributed by atoms with van der Waals surface area (Å²) in [5, 5.41) is 0. The number of alkyl halides is 1. The summed E-state index contributed by atoms with van der Waals surface area (Å²) >= 11 is 5.51. The van der Waals surface area contributed by atoms with Crippen LogP contribution in [0.15, 0.2) is 12.4 Å². The highest BCUT2D eigenvalue weighted by molar-refractivity contribution is 6.16. The molecule has 1 aromatic heterocycles. The van der Waals surface area contributed by atoms with Crippen molar-refractivity contribution in [3.05, 3.63) is 23.8 Å². The lowest BCUT2D eigenvalue weighted by molar-refractivity contribution is 1.04. The molecule has 0 saturated carbocycles. The largest absolute Gasteiger partial charge is 0.242 e. The number of aryl methyl sites for hydroxylation is 1. The summed E-state index contributed by atoms with van der Waals surface area (Å²) in [4.78, 5) is 7.83. The number of rotatable bonds is 1. The molecule has 0 fully saturated rings. The van der Waals surface area contributed by atoms with Gasteiger partial charge in [0.05, 0.1) is 11.6 Å². The molecule has 1 rings (SSSR count). The van der Waals surface area contributed by atoms with E-state index in [0.717, 1.165) is 11.4 Å². The molecule has 0 spiro atoms. The molecule has 56 valence electrons. The molecule has 4 heteroatoms. The van der Waals surface area contributed by atoms with Crippen LogP contribution in [0.25, 0.3) is 0 Å². The molecule has 0 aliphatic rings. The van der Waals surface area contributed by atoms with Crippen LogP contribution in [0.4, 0.5) is 0 Å². The van der Waals surface area contributed by atoms with E-state index in [1.165, 1.54) is 6.33 Å². The molecule has 0 saturated heterocycles. The van der Waals surface area contributed by atoms with E-state index in [0.29, 0.717) is 5.88 Å². The first-order valence-corrected chi connectivity index (χ1v) is 3.20. The molecular weight excluding hydrogens is 171 g/mol. The van der Waals surface area contributed by atoms with Gasteiger partial charge in [0, 0.05) is 5.69 Å². The van der Waals surface area contributed by atoms with E-state index in [-0.39, 0.29) is 12.4 Å². The van der Waals surface area contributed by atoms with Crippen molar-refractivity contribution in [1.29, 1.82) is 0 Å². The second-order valence-electron chi connectivity index (χ2n) is 1.78. The third kappa shape index (κ3) is 2.50. The molecular formula is C6H8Cl2N2. The first-order chi connectivity index (χ1) is 4.33. The first kappa shape index (κ1) is 9.66. The summed E-state index contributed by atoms with van der Waals surface area (Å²) in [5.41, 5.74) is 1.84. The predicted molar refractivity (Wildman–Crippen MR) is 43.6 cm³/mol. The Morgan fingerprint density at radius 2 is 2.20 bits per heavy atom. The lowest BCUT2D eigenvalue weighted by Crippen LogP contribution is -1.87. The van der Waals surface area contributed by atoms with Gasteiger partial charge in [0.2, 0.25) is 0 Å². The van der Waals surface area contributed by atoms with Gasteiger partial charge in [-0.3, -0.25) is 0 Å². The molecule has 0 bridgehead atoms. The first-order valence-electron chi connectivity index (χ1n) is 2.66. The zero-order chi connectivity index (χ0) is 6.69. The van der Waals surface area contributed by atoms with Gasteiger partial charge in [0.1, 0.15) is 6.33 Å². The van der Waals surface area contributed by atoms with Gasteiger partial charge in [0.15, 0.2) is 0 Å². The molecule has 1 aromatic rings. The van der Waals surface area contributed by atoms with Crippen molar-refractivity contribution in [2.45, 2.75) is 12.8 Å². The van der Waals surface area contributed by atoms with E-state index in [1.54, 1.807) is 0 Å². The van der Waals surface area contributed by atoms with Crippen LogP contribution in [0, 0.1) is 6.92 Å². The van der Waals surface area contributed by atoms with Gasteiger partial charge in [-0.2, -0.15) is 0 Å². The summed E-state index contributed by atoms with van der Waals surface area (Å²) < 4.78 is 0. The fourth-order valence-corrected chi connectivity index (χ4v) is 0.729. The van der Waals surface area contributed by atoms with E-state index in [9.17, 15) is 0 Å². The monoisotopic (exact) mass is 178 g/mol. The molecule has 0 unspecified atom stereocenters. The van der Waals surface area contributed by atoms with Crippen molar-refractivity contribution >= 4 is 24.0 Å². The zero-order valence-electron chi connectivity index (χ0n) is 5.54. The third-order valence-corrected chi connectivity index (χ3v) is 1.27. The smallest absolute Gasteiger partial charge is 0.115 e. The maximum atomic E-state index is 5.51. The molecule has 2 nitrogen and oxygen atoms in total. The van der Waals surface area contributed by atoms with Crippen molar-refractivity contribution in [1.82, 2.24) is 9.97 Å². The van der Waals surface area contributed by atoms with Crippen molar-refractivity contribution in [2.75, 3.05) is 0 Å². The van der Waals surface area contributed by atoms with Crippen molar-refractivity contribution in [2.24, 2.45) is 0 Å². The Hall–Kier alpha value is -0.340. The number of nitrogens with zero attached hydrogens (tertiary/aromatic N) is 2. The Kier molecular flexibility index (Phi) is 4.32. The van der Waals surface area contributed by atoms with Gasteiger partial charge in [-0.15, -0.1) is 24.0 Å². The van der Waals surface area contributed by atoms with E-state index < -0.39 is 0 Å². The molecule has 0 amide bonds. The molecule has 0 atom stereocenters. The summed E-state index contributed by atoms with van der Waals surface area (Å²) in [7, 11) is 0. The van der Waals surface area contributed by atoms with Gasteiger partial charge in [0.25, 0.3) is 0 Å². The second-order valence-corrected chi connectivity index (χ2v) is 2.05. The van der Waals surface area contributed by atoms with Gasteiger partial charge < -0.3 is 0 Å². The fraction of sp³-hybridized carbons (Fsp3) is 0.333. The third-order valence-electron chi connectivity index (χ3n) is 0.997. The minimum absolute atomic E-state index is 0. The molecule has 0 aliphatic heterocycles. The minimum atomic E-state index is 0. The Morgan fingerprint density at radius 3 is 2.60 bits per heavy atom. The number of hydrogen-bond acceptors (Lipinski definition) is 2. The molecule has 1 heterocycles. The Bertz CT molecular complexity index is 203. The zero-order valence-corrected chi connectivity index (χ0v) is 7.11. The predicted octanol–water partition coefficient (Wildman–Crippen LogP) is 1.95. The maximum absolute atomic E-state index is 5.51. The number of aromatic nitrogens is 2. The highest BCUT2D eigenvalue weighted by Gasteiger charge is 1.89. The van der Waals surface area contributed by atoms with Crippen LogP contribution in [0.5, 0.6) is 0 Å². The van der Waals surface area contributed by atoms with Crippen molar-refractivity contribution in [3.8, 4) is 0 Å². The van der Waals surface area contributed by atoms with Crippen LogP contribution in [0.2, 0.25) is 0 Å². The molecule has 0 radical (unpaired) electrons. The average molecular weight is 179 g/mol. The quantitative estimate of drug-likeness (QED) is 0.615. The normalized spacial score (nSPS) is 8.60. The van der Waals surface area contributed by atoms with Gasteiger partial charge in [-0.05, 0) is 13.0 Å². The Labute approximate surface area is 71.1 Å². The average Bonchev–Trinajstić information content (AvgIpc) is 1.88. The summed E-state index contributed by atoms with van der Waals surface area (Å²) in [6.07, 6.45) is 1.52. The lowest BCUT2D eigenvalue weighted by atomic mass is 10.4. The summed E-state index contributed by atoms with van der Waals surface area (Å²) in [6.45, 7) is 1.91. The van der Waals surface area contributed by atoms with Crippen molar-refractivity contribution < 1.29 is 0 Å². The highest BCUT2D eigenvalue weighted by atomic mass is 35.5. The summed E-state index contributed by atoms with van der Waals surface area (Å²) in [6, 6.07) is 1.87. The van der Waals surface area contributed by atoms with E-state index in [1.807, 2.05) is 13.0 Å². The van der Waals surface area contributed by atoms with Crippen LogP contribution in [0.3, 0.4) is 0 Å². The van der Waals surface area contributed by atoms with Crippen LogP contribution < -0.4 is 0 Å². The van der Waals surface area contributed by atoms with Crippen LogP contribution in [-0.4, -0.2) is 9.97 Å². The molecule has 0 aromatic carbocycles. The Balaban J connectivity index is 0.000000810. The van der Waals surface area contributed by atoms with Crippen LogP contribution in [0.1, 0.15) is 11.4 Å². The molecule has 0 N–H and O–H groups in total. The van der Waals surface area contributed by atoms with E-state index in [2.05, 4.69) is 9.97 Å². The highest BCUT2D eigenvalue weighted by Crippen LogP contribution is 1.98. The SMILES string of the molecule is Cc1cc(CCl)ncn1.Cl. The van der Waals surface area contributed by atoms with Crippen LogP contribution in [-0.2, 0) is 5.88 Å². The molecule has 0 aliphatic carbocycles. The molecule has 10 heavy (non-hydrogen) atoms. The van der Waals surface area contributed by atoms with Gasteiger partial charge in [-0.25, -0.2) is 9.97 Å². The maximum Gasteiger partial charge on any atom is 0.115 e. The number of halogens is 2. The lowest BCUT2D eigenvalue weighted by Gasteiger charge is -1.92. The standard InChI is InChI=1S/C6H7ClN2.ClH/c1-5-2-6(3-7)9-4-8-5;/h2,4H,3H2,1H3;1H.